The van der Waals surface area contributed by atoms with Crippen LogP contribution in [0.15, 0.2) is 0 Å². The molecule has 2 nitrogen and oxygen atoms in total. The zero-order valence-electron chi connectivity index (χ0n) is 18.0. The Hall–Kier alpha value is -0.530. The van der Waals surface area contributed by atoms with Gasteiger partial charge in [-0.25, -0.2) is 0 Å². The van der Waals surface area contributed by atoms with E-state index in [-0.39, 0.29) is 7.43 Å². The van der Waals surface area contributed by atoms with Gasteiger partial charge in [0, 0.05) is 6.42 Å². The van der Waals surface area contributed by atoms with Crippen molar-refractivity contribution in [1.82, 2.24) is 0 Å². The van der Waals surface area contributed by atoms with Gasteiger partial charge in [0.25, 0.3) is 0 Å². The molecule has 0 radical (unpaired) electrons. The predicted molar refractivity (Wildman–Crippen MR) is 117 cm³/mol. The monoisotopic (exact) mass is 390 g/mol. The second-order valence-corrected chi connectivity index (χ2v) is 11.2. The van der Waals surface area contributed by atoms with Crippen LogP contribution >= 0.6 is 0 Å². The average Bonchev–Trinajstić information content (AvgIpc) is 2.97. The lowest BCUT2D eigenvalue weighted by Crippen LogP contribution is -2.55. The molecular formula is C26H46O2. The first kappa shape index (κ1) is 22.2. The Labute approximate surface area is 174 Å². The highest BCUT2D eigenvalue weighted by molar-refractivity contribution is 5.66. The van der Waals surface area contributed by atoms with E-state index >= 15 is 0 Å². The van der Waals surface area contributed by atoms with Crippen molar-refractivity contribution in [3.63, 3.8) is 0 Å². The van der Waals surface area contributed by atoms with Crippen LogP contribution in [0.1, 0.15) is 112 Å². The summed E-state index contributed by atoms with van der Waals surface area (Å²) in [5.74, 6) is 4.96. The maximum atomic E-state index is 11.0. The first-order valence-electron chi connectivity index (χ1n) is 12.1. The van der Waals surface area contributed by atoms with Gasteiger partial charge in [0.05, 0.1) is 0 Å². The molecule has 0 aromatic rings. The fraction of sp³-hybridized carbons (Fsp3) is 0.962. The summed E-state index contributed by atoms with van der Waals surface area (Å²) in [6.45, 7) is 7.74. The maximum absolute atomic E-state index is 11.0. The van der Waals surface area contributed by atoms with Crippen molar-refractivity contribution in [1.29, 1.82) is 0 Å². The molecule has 0 aromatic heterocycles. The van der Waals surface area contributed by atoms with Gasteiger partial charge in [-0.15, -0.1) is 0 Å². The smallest absolute Gasteiger partial charge is 0.303 e. The van der Waals surface area contributed by atoms with Crippen molar-refractivity contribution < 1.29 is 9.90 Å². The summed E-state index contributed by atoms with van der Waals surface area (Å²) >= 11 is 0. The highest BCUT2D eigenvalue weighted by atomic mass is 16.4. The number of carboxylic acid groups (broad SMARTS) is 1. The SMILES string of the molecule is C.CC[C@H]1CC2C3CCC(CCCC(=O)O)C3(C)CC[C@@H]2C2(C)CCCCC12. The van der Waals surface area contributed by atoms with Gasteiger partial charge in [-0.05, 0) is 104 Å². The zero-order valence-corrected chi connectivity index (χ0v) is 18.0. The van der Waals surface area contributed by atoms with Gasteiger partial charge in [-0.1, -0.05) is 47.5 Å². The van der Waals surface area contributed by atoms with Crippen molar-refractivity contribution in [3.05, 3.63) is 0 Å². The Morgan fingerprint density at radius 1 is 0.964 bits per heavy atom. The van der Waals surface area contributed by atoms with Gasteiger partial charge >= 0.3 is 5.97 Å². The molecule has 6 unspecified atom stereocenters. The van der Waals surface area contributed by atoms with E-state index in [1.807, 2.05) is 0 Å². The number of fused-ring (bicyclic) bond motifs is 5. The summed E-state index contributed by atoms with van der Waals surface area (Å²) < 4.78 is 0. The van der Waals surface area contributed by atoms with Crippen LogP contribution in [0.2, 0.25) is 0 Å². The number of hydrogen-bond acceptors (Lipinski definition) is 1. The van der Waals surface area contributed by atoms with Gasteiger partial charge in [-0.2, -0.15) is 0 Å². The van der Waals surface area contributed by atoms with Crippen molar-refractivity contribution in [2.45, 2.75) is 112 Å². The normalized spacial score (nSPS) is 47.4. The largest absolute Gasteiger partial charge is 0.481 e. The Balaban J connectivity index is 0.00000225. The number of carboxylic acids is 1. The highest BCUT2D eigenvalue weighted by Gasteiger charge is 2.60. The Morgan fingerprint density at radius 2 is 1.71 bits per heavy atom. The molecule has 1 N–H and O–H groups in total. The lowest BCUT2D eigenvalue weighted by molar-refractivity contribution is -0.138. The standard InChI is InChI=1S/C25H42O2.CH4/c1-4-17-16-19-21-12-11-18(8-7-10-23(26)27)24(21,2)15-13-22(19)25(3)14-6-5-9-20(17)25;/h17-22H,4-16H2,1-3H3,(H,26,27);1H4/t17-,18?,19?,20?,21?,22-,24?,25?;/m0./s1. The minimum absolute atomic E-state index is 0. The molecule has 8 atom stereocenters. The summed E-state index contributed by atoms with van der Waals surface area (Å²) in [4.78, 5) is 11.0. The molecule has 0 amide bonds. The van der Waals surface area contributed by atoms with Crippen LogP contribution in [-0.4, -0.2) is 11.1 Å². The van der Waals surface area contributed by atoms with Crippen molar-refractivity contribution in [3.8, 4) is 0 Å². The van der Waals surface area contributed by atoms with Crippen LogP contribution < -0.4 is 0 Å². The molecule has 28 heavy (non-hydrogen) atoms. The Kier molecular flexibility index (Phi) is 6.57. The second kappa shape index (κ2) is 8.31. The van der Waals surface area contributed by atoms with Crippen molar-refractivity contribution in [2.24, 2.45) is 46.3 Å². The quantitative estimate of drug-likeness (QED) is 0.526. The Bertz CT molecular complexity index is 557. The average molecular weight is 391 g/mol. The molecule has 0 aliphatic heterocycles. The fourth-order valence-electron chi connectivity index (χ4n) is 9.10. The summed E-state index contributed by atoms with van der Waals surface area (Å²) in [6.07, 6.45) is 16.9. The van der Waals surface area contributed by atoms with E-state index < -0.39 is 5.97 Å². The van der Waals surface area contributed by atoms with E-state index in [0.29, 0.717) is 17.3 Å². The van der Waals surface area contributed by atoms with Crippen molar-refractivity contribution >= 4 is 5.97 Å². The van der Waals surface area contributed by atoms with Gasteiger partial charge in [-0.3, -0.25) is 4.79 Å². The third-order valence-electron chi connectivity index (χ3n) is 10.4. The van der Waals surface area contributed by atoms with E-state index in [4.69, 9.17) is 5.11 Å². The third-order valence-corrected chi connectivity index (χ3v) is 10.4. The number of aliphatic carboxylic acids is 1. The van der Waals surface area contributed by atoms with Gasteiger partial charge in [0.2, 0.25) is 0 Å². The van der Waals surface area contributed by atoms with Crippen LogP contribution in [0.25, 0.3) is 0 Å². The predicted octanol–water partition coefficient (Wildman–Crippen LogP) is 7.56. The lowest BCUT2D eigenvalue weighted by Gasteiger charge is -2.62. The van der Waals surface area contributed by atoms with Gasteiger partial charge in [0.15, 0.2) is 0 Å². The molecule has 4 aliphatic rings. The molecule has 4 saturated carbocycles. The van der Waals surface area contributed by atoms with E-state index in [1.165, 1.54) is 64.2 Å². The van der Waals surface area contributed by atoms with E-state index in [1.54, 1.807) is 0 Å². The second-order valence-electron chi connectivity index (χ2n) is 11.2. The summed E-state index contributed by atoms with van der Waals surface area (Å²) in [7, 11) is 0. The first-order valence-corrected chi connectivity index (χ1v) is 12.1. The summed E-state index contributed by atoms with van der Waals surface area (Å²) in [6, 6.07) is 0. The van der Waals surface area contributed by atoms with E-state index in [9.17, 15) is 4.79 Å². The molecular weight excluding hydrogens is 344 g/mol. The van der Waals surface area contributed by atoms with Crippen molar-refractivity contribution in [2.75, 3.05) is 0 Å². The Morgan fingerprint density at radius 3 is 2.43 bits per heavy atom. The number of rotatable bonds is 5. The van der Waals surface area contributed by atoms with Crippen LogP contribution in [0.3, 0.4) is 0 Å². The molecule has 0 spiro atoms. The fourth-order valence-corrected chi connectivity index (χ4v) is 9.10. The molecule has 4 rings (SSSR count). The van der Waals surface area contributed by atoms with Crippen LogP contribution in [0.4, 0.5) is 0 Å². The third kappa shape index (κ3) is 3.45. The molecule has 4 aliphatic carbocycles. The van der Waals surface area contributed by atoms with E-state index in [2.05, 4.69) is 20.8 Å². The highest BCUT2D eigenvalue weighted by Crippen LogP contribution is 2.69. The number of hydrogen-bond donors (Lipinski definition) is 1. The first-order chi connectivity index (χ1) is 12.9. The van der Waals surface area contributed by atoms with E-state index in [0.717, 1.165) is 48.3 Å². The number of carbonyl (C=O) groups is 1. The summed E-state index contributed by atoms with van der Waals surface area (Å²) in [5, 5.41) is 9.03. The minimum atomic E-state index is -0.618. The van der Waals surface area contributed by atoms with Crippen LogP contribution in [0, 0.1) is 46.3 Å². The molecule has 4 fully saturated rings. The van der Waals surface area contributed by atoms with Crippen LogP contribution in [-0.2, 0) is 4.79 Å². The van der Waals surface area contributed by atoms with Crippen LogP contribution in [0.5, 0.6) is 0 Å². The molecule has 0 bridgehead atoms. The molecule has 0 heterocycles. The zero-order chi connectivity index (χ0) is 19.2. The molecule has 0 aromatic carbocycles. The van der Waals surface area contributed by atoms with Gasteiger partial charge < -0.3 is 5.11 Å². The lowest BCUT2D eigenvalue weighted by atomic mass is 9.42. The maximum Gasteiger partial charge on any atom is 0.303 e. The molecule has 162 valence electrons. The summed E-state index contributed by atoms with van der Waals surface area (Å²) in [5.41, 5.74) is 1.11. The minimum Gasteiger partial charge on any atom is -0.481 e. The van der Waals surface area contributed by atoms with Gasteiger partial charge in [0.1, 0.15) is 0 Å². The topological polar surface area (TPSA) is 37.3 Å². The molecule has 0 saturated heterocycles. The molecule has 2 heteroatoms.